The second kappa shape index (κ2) is 7.53. The molecule has 0 radical (unpaired) electrons. The van der Waals surface area contributed by atoms with Crippen molar-refractivity contribution in [2.75, 3.05) is 7.11 Å². The van der Waals surface area contributed by atoms with Crippen LogP contribution in [0.3, 0.4) is 0 Å². The fraction of sp³-hybridized carbons (Fsp3) is 0.211. The number of carbonyl (C=O) groups excluding carboxylic acids is 1. The van der Waals surface area contributed by atoms with E-state index >= 15 is 0 Å². The summed E-state index contributed by atoms with van der Waals surface area (Å²) in [5, 5.41) is 1.33. The Morgan fingerprint density at radius 3 is 2.56 bits per heavy atom. The van der Waals surface area contributed by atoms with Crippen LogP contribution in [0.5, 0.6) is 0 Å². The molecule has 1 aromatic heterocycles. The number of hydrogen-bond acceptors (Lipinski definition) is 5. The van der Waals surface area contributed by atoms with Crippen LogP contribution in [0.25, 0.3) is 10.9 Å². The summed E-state index contributed by atoms with van der Waals surface area (Å²) in [4.78, 5) is 28.7. The van der Waals surface area contributed by atoms with E-state index in [2.05, 4.69) is 4.98 Å². The highest BCUT2D eigenvalue weighted by Crippen LogP contribution is 2.22. The molecule has 0 atom stereocenters. The number of para-hydroxylation sites is 1. The van der Waals surface area contributed by atoms with Crippen molar-refractivity contribution >= 4 is 28.6 Å². The van der Waals surface area contributed by atoms with Crippen LogP contribution in [0.4, 0.5) is 0 Å². The van der Waals surface area contributed by atoms with E-state index in [1.54, 1.807) is 22.8 Å². The Hall–Kier alpha value is -2.60. The minimum Gasteiger partial charge on any atom is -0.465 e. The van der Waals surface area contributed by atoms with Gasteiger partial charge in [-0.3, -0.25) is 9.36 Å². The van der Waals surface area contributed by atoms with E-state index in [1.807, 2.05) is 37.3 Å². The molecule has 0 N–H and O–H groups in total. The third-order valence-electron chi connectivity index (χ3n) is 3.89. The minimum atomic E-state index is -0.352. The maximum absolute atomic E-state index is 12.6. The molecule has 0 saturated carbocycles. The lowest BCUT2D eigenvalue weighted by Crippen LogP contribution is -2.22. The minimum absolute atomic E-state index is 0.0170. The van der Waals surface area contributed by atoms with Crippen molar-refractivity contribution in [1.29, 1.82) is 0 Å². The van der Waals surface area contributed by atoms with Gasteiger partial charge in [-0.05, 0) is 36.8 Å². The largest absolute Gasteiger partial charge is 0.465 e. The summed E-state index contributed by atoms with van der Waals surface area (Å²) in [5.41, 5.74) is 2.26. The first-order chi connectivity index (χ1) is 12.1. The lowest BCUT2D eigenvalue weighted by molar-refractivity contribution is 0.0600. The average molecular weight is 354 g/mol. The number of benzene rings is 2. The van der Waals surface area contributed by atoms with Crippen molar-refractivity contribution in [3.63, 3.8) is 0 Å². The van der Waals surface area contributed by atoms with Crippen LogP contribution in [0.15, 0.2) is 58.5 Å². The summed E-state index contributed by atoms with van der Waals surface area (Å²) in [6.07, 6.45) is 0. The molecule has 25 heavy (non-hydrogen) atoms. The SMILES string of the molecule is CCn1c(SCc2ccc(C(=O)OC)cc2)nc2ccccc2c1=O. The van der Waals surface area contributed by atoms with Gasteiger partial charge in [0.15, 0.2) is 5.16 Å². The van der Waals surface area contributed by atoms with Crippen LogP contribution in [-0.4, -0.2) is 22.6 Å². The molecule has 3 rings (SSSR count). The predicted octanol–water partition coefficient (Wildman–Crippen LogP) is 3.50. The van der Waals surface area contributed by atoms with E-state index in [0.717, 1.165) is 5.56 Å². The Morgan fingerprint density at radius 1 is 1.16 bits per heavy atom. The van der Waals surface area contributed by atoms with Crippen LogP contribution in [-0.2, 0) is 17.0 Å². The monoisotopic (exact) mass is 354 g/mol. The lowest BCUT2D eigenvalue weighted by Gasteiger charge is -2.11. The van der Waals surface area contributed by atoms with Gasteiger partial charge in [-0.15, -0.1) is 0 Å². The Bertz CT molecular complexity index is 965. The van der Waals surface area contributed by atoms with E-state index in [1.165, 1.54) is 18.9 Å². The normalized spacial score (nSPS) is 10.8. The summed E-state index contributed by atoms with van der Waals surface area (Å²) in [6.45, 7) is 2.51. The first-order valence-corrected chi connectivity index (χ1v) is 8.92. The predicted molar refractivity (Wildman–Crippen MR) is 99.0 cm³/mol. The van der Waals surface area contributed by atoms with E-state index in [0.29, 0.717) is 33.9 Å². The molecule has 0 bridgehead atoms. The van der Waals surface area contributed by atoms with Gasteiger partial charge in [-0.2, -0.15) is 0 Å². The molecule has 0 amide bonds. The number of carbonyl (C=O) groups is 1. The summed E-state index contributed by atoms with van der Waals surface area (Å²) in [7, 11) is 1.36. The maximum atomic E-state index is 12.6. The smallest absolute Gasteiger partial charge is 0.337 e. The van der Waals surface area contributed by atoms with Crippen molar-refractivity contribution in [1.82, 2.24) is 9.55 Å². The number of fused-ring (bicyclic) bond motifs is 1. The summed E-state index contributed by atoms with van der Waals surface area (Å²) in [6, 6.07) is 14.6. The Kier molecular flexibility index (Phi) is 5.19. The molecule has 1 heterocycles. The number of aromatic nitrogens is 2. The number of hydrogen-bond donors (Lipinski definition) is 0. The average Bonchev–Trinajstić information content (AvgIpc) is 2.66. The van der Waals surface area contributed by atoms with E-state index in [-0.39, 0.29) is 11.5 Å². The quantitative estimate of drug-likeness (QED) is 0.399. The molecule has 128 valence electrons. The first-order valence-electron chi connectivity index (χ1n) is 7.93. The molecular formula is C19H18N2O3S. The molecule has 6 heteroatoms. The lowest BCUT2D eigenvalue weighted by atomic mass is 10.1. The van der Waals surface area contributed by atoms with Gasteiger partial charge in [-0.25, -0.2) is 9.78 Å². The molecule has 2 aromatic carbocycles. The third-order valence-corrected chi connectivity index (χ3v) is 4.93. The van der Waals surface area contributed by atoms with Crippen molar-refractivity contribution in [2.45, 2.75) is 24.4 Å². The highest BCUT2D eigenvalue weighted by Gasteiger charge is 2.11. The second-order valence-electron chi connectivity index (χ2n) is 5.44. The number of ether oxygens (including phenoxy) is 1. The highest BCUT2D eigenvalue weighted by atomic mass is 32.2. The molecule has 0 aliphatic heterocycles. The molecule has 0 saturated heterocycles. The molecule has 0 spiro atoms. The first kappa shape index (κ1) is 17.2. The number of rotatable bonds is 5. The van der Waals surface area contributed by atoms with E-state index in [9.17, 15) is 9.59 Å². The number of nitrogens with zero attached hydrogens (tertiary/aromatic N) is 2. The molecule has 0 aliphatic carbocycles. The molecule has 0 unspecified atom stereocenters. The topological polar surface area (TPSA) is 61.2 Å². The standard InChI is InChI=1S/C19H18N2O3S/c1-3-21-17(22)15-6-4-5-7-16(15)20-19(21)25-12-13-8-10-14(11-9-13)18(23)24-2/h4-11H,3,12H2,1-2H3. The van der Waals surface area contributed by atoms with Crippen LogP contribution in [0.1, 0.15) is 22.8 Å². The van der Waals surface area contributed by atoms with Crippen LogP contribution >= 0.6 is 11.8 Å². The van der Waals surface area contributed by atoms with E-state index in [4.69, 9.17) is 4.74 Å². The zero-order valence-electron chi connectivity index (χ0n) is 14.1. The van der Waals surface area contributed by atoms with Crippen molar-refractivity contribution < 1.29 is 9.53 Å². The third kappa shape index (κ3) is 3.58. The van der Waals surface area contributed by atoms with Gasteiger partial charge in [-0.1, -0.05) is 36.0 Å². The summed E-state index contributed by atoms with van der Waals surface area (Å²) >= 11 is 1.51. The van der Waals surface area contributed by atoms with Crippen LogP contribution < -0.4 is 5.56 Å². The van der Waals surface area contributed by atoms with Gasteiger partial charge in [0.2, 0.25) is 0 Å². The Balaban J connectivity index is 1.85. The number of thioether (sulfide) groups is 1. The zero-order valence-corrected chi connectivity index (χ0v) is 14.9. The molecule has 0 fully saturated rings. The van der Waals surface area contributed by atoms with Crippen LogP contribution in [0, 0.1) is 0 Å². The van der Waals surface area contributed by atoms with Crippen molar-refractivity contribution in [2.24, 2.45) is 0 Å². The number of esters is 1. The Morgan fingerprint density at radius 2 is 1.88 bits per heavy atom. The summed E-state index contributed by atoms with van der Waals surface area (Å²) < 4.78 is 6.39. The molecular weight excluding hydrogens is 336 g/mol. The van der Waals surface area contributed by atoms with Gasteiger partial charge in [0.05, 0.1) is 23.6 Å². The van der Waals surface area contributed by atoms with Gasteiger partial charge < -0.3 is 4.74 Å². The van der Waals surface area contributed by atoms with Gasteiger partial charge in [0, 0.05) is 12.3 Å². The van der Waals surface area contributed by atoms with E-state index < -0.39 is 0 Å². The molecule has 5 nitrogen and oxygen atoms in total. The second-order valence-corrected chi connectivity index (χ2v) is 6.38. The summed E-state index contributed by atoms with van der Waals surface area (Å²) in [5.74, 6) is 0.307. The van der Waals surface area contributed by atoms with Crippen LogP contribution in [0.2, 0.25) is 0 Å². The maximum Gasteiger partial charge on any atom is 0.337 e. The molecule has 3 aromatic rings. The fourth-order valence-corrected chi connectivity index (χ4v) is 3.56. The Labute approximate surface area is 149 Å². The van der Waals surface area contributed by atoms with Crippen molar-refractivity contribution in [3.8, 4) is 0 Å². The fourth-order valence-electron chi connectivity index (χ4n) is 2.54. The van der Waals surface area contributed by atoms with Gasteiger partial charge in [0.1, 0.15) is 0 Å². The van der Waals surface area contributed by atoms with Gasteiger partial charge in [0.25, 0.3) is 5.56 Å². The molecule has 0 aliphatic rings. The van der Waals surface area contributed by atoms with Gasteiger partial charge >= 0.3 is 5.97 Å². The zero-order chi connectivity index (χ0) is 17.8. The number of methoxy groups -OCH3 is 1. The highest BCUT2D eigenvalue weighted by molar-refractivity contribution is 7.98. The van der Waals surface area contributed by atoms with Crippen molar-refractivity contribution in [3.05, 3.63) is 70.0 Å².